The molecule has 3 nitrogen and oxygen atoms in total. The van der Waals surface area contributed by atoms with E-state index in [0.29, 0.717) is 0 Å². The summed E-state index contributed by atoms with van der Waals surface area (Å²) in [6.45, 7) is 0. The Labute approximate surface area is 328 Å². The van der Waals surface area contributed by atoms with Crippen LogP contribution in [0.25, 0.3) is 104 Å². The van der Waals surface area contributed by atoms with Crippen LogP contribution in [0.15, 0.2) is 212 Å². The molecule has 0 spiro atoms. The normalized spacial score (nSPS) is 11.9. The molecule has 0 amide bonds. The minimum atomic E-state index is 1.10. The SMILES string of the molecule is c1ccc(-n2c3ccccc3c3ccc(-n4c5cccc(c5)c5cccc(c5)n(-c5ccc6ccccc6c5)c5ccc6ccc7ccc4cc7c6c5)cc32)cc1. The predicted molar refractivity (Wildman–Crippen MR) is 242 cm³/mol. The molecule has 0 aliphatic heterocycles. The third kappa shape index (κ3) is 5.06. The van der Waals surface area contributed by atoms with Gasteiger partial charge in [-0.15, -0.1) is 0 Å². The summed E-state index contributed by atoms with van der Waals surface area (Å²) >= 11 is 0. The summed E-state index contributed by atoms with van der Waals surface area (Å²) in [6.07, 6.45) is 0. The Morgan fingerprint density at radius 2 is 0.702 bits per heavy atom. The average molecular weight is 726 g/mol. The van der Waals surface area contributed by atoms with Crippen LogP contribution in [0, 0.1) is 0 Å². The lowest BCUT2D eigenvalue weighted by atomic mass is 10.0. The highest BCUT2D eigenvalue weighted by Crippen LogP contribution is 2.36. The van der Waals surface area contributed by atoms with Gasteiger partial charge in [-0.2, -0.15) is 0 Å². The van der Waals surface area contributed by atoms with Crippen molar-refractivity contribution in [1.29, 1.82) is 0 Å². The second-order valence-electron chi connectivity index (χ2n) is 15.1. The van der Waals surface area contributed by atoms with Gasteiger partial charge in [-0.3, -0.25) is 0 Å². The van der Waals surface area contributed by atoms with E-state index in [-0.39, 0.29) is 0 Å². The number of hydrogen-bond donors (Lipinski definition) is 0. The topological polar surface area (TPSA) is 14.8 Å². The minimum Gasteiger partial charge on any atom is -0.310 e. The van der Waals surface area contributed by atoms with E-state index in [4.69, 9.17) is 0 Å². The fourth-order valence-corrected chi connectivity index (χ4v) is 9.12. The maximum absolute atomic E-state index is 2.43. The fourth-order valence-electron chi connectivity index (χ4n) is 9.12. The Morgan fingerprint density at radius 3 is 1.40 bits per heavy atom. The number of hydrogen-bond acceptors (Lipinski definition) is 0. The van der Waals surface area contributed by atoms with E-state index in [2.05, 4.69) is 226 Å². The summed E-state index contributed by atoms with van der Waals surface area (Å²) in [5.41, 5.74) is 10.2. The Hall–Kier alpha value is -7.62. The molecule has 2 heterocycles. The van der Waals surface area contributed by atoms with Gasteiger partial charge in [0.05, 0.1) is 11.0 Å². The van der Waals surface area contributed by atoms with Gasteiger partial charge in [-0.25, -0.2) is 0 Å². The number of aromatic nitrogens is 3. The van der Waals surface area contributed by atoms with Crippen molar-refractivity contribution in [3.63, 3.8) is 0 Å². The molecule has 0 saturated carbocycles. The number of para-hydroxylation sites is 2. The van der Waals surface area contributed by atoms with E-state index in [9.17, 15) is 0 Å². The van der Waals surface area contributed by atoms with Crippen LogP contribution in [0.3, 0.4) is 0 Å². The van der Waals surface area contributed by atoms with Crippen LogP contribution >= 0.6 is 0 Å². The van der Waals surface area contributed by atoms with E-state index >= 15 is 0 Å². The number of nitrogens with zero attached hydrogens (tertiary/aromatic N) is 3. The first-order valence-electron chi connectivity index (χ1n) is 19.6. The number of rotatable bonds is 3. The van der Waals surface area contributed by atoms with E-state index < -0.39 is 0 Å². The van der Waals surface area contributed by atoms with Crippen LogP contribution in [0.2, 0.25) is 0 Å². The third-order valence-corrected chi connectivity index (χ3v) is 11.8. The van der Waals surface area contributed by atoms with Gasteiger partial charge in [0.25, 0.3) is 0 Å². The molecule has 0 atom stereocenters. The smallest absolute Gasteiger partial charge is 0.0561 e. The number of benzene rings is 10. The molecule has 0 N–H and O–H groups in total. The Morgan fingerprint density at radius 1 is 0.211 bits per heavy atom. The van der Waals surface area contributed by atoms with Crippen LogP contribution in [0.4, 0.5) is 0 Å². The Bertz CT molecular complexity index is 3640. The van der Waals surface area contributed by atoms with Gasteiger partial charge in [0.1, 0.15) is 0 Å². The Kier molecular flexibility index (Phi) is 6.93. The molecular formula is C54H35N3. The van der Waals surface area contributed by atoms with Gasteiger partial charge in [0.2, 0.25) is 0 Å². The summed E-state index contributed by atoms with van der Waals surface area (Å²) < 4.78 is 7.23. The summed E-state index contributed by atoms with van der Waals surface area (Å²) in [5.74, 6) is 0. The molecule has 266 valence electrons. The zero-order valence-corrected chi connectivity index (χ0v) is 31.0. The zero-order chi connectivity index (χ0) is 37.5. The van der Waals surface area contributed by atoms with Gasteiger partial charge in [0.15, 0.2) is 0 Å². The van der Waals surface area contributed by atoms with Gasteiger partial charge < -0.3 is 13.7 Å². The molecule has 0 unspecified atom stereocenters. The van der Waals surface area contributed by atoms with Gasteiger partial charge in [-0.1, -0.05) is 121 Å². The highest BCUT2D eigenvalue weighted by molar-refractivity contribution is 6.11. The molecule has 0 aliphatic carbocycles. The standard InChI is InChI=1S/C54H35N3/c1-2-14-42(15-3-1)57-53-19-7-6-18-49(53)50-29-28-48(35-54(50)57)56-44-17-9-13-41(32-44)40-12-8-16-43(31-40)55(45-25-22-36-10-4-5-11-39(36)30-45)46-26-23-37-20-21-38-24-27-47(56)34-52(38)51(37)33-46/h1-35H. The molecular weight excluding hydrogens is 691 g/mol. The van der Waals surface area contributed by atoms with Crippen molar-refractivity contribution in [3.05, 3.63) is 212 Å². The van der Waals surface area contributed by atoms with Crippen molar-refractivity contribution < 1.29 is 0 Å². The minimum absolute atomic E-state index is 1.10. The summed E-state index contributed by atoms with van der Waals surface area (Å²) in [6, 6.07) is 78.1. The summed E-state index contributed by atoms with van der Waals surface area (Å²) in [4.78, 5) is 0. The van der Waals surface area contributed by atoms with Crippen molar-refractivity contribution in [2.45, 2.75) is 0 Å². The molecule has 0 fully saturated rings. The second kappa shape index (κ2) is 12.5. The number of fused-ring (bicyclic) bond motifs is 11. The maximum atomic E-state index is 2.43. The molecule has 8 bridgehead atoms. The maximum Gasteiger partial charge on any atom is 0.0561 e. The van der Waals surface area contributed by atoms with E-state index in [1.165, 1.54) is 54.1 Å². The predicted octanol–water partition coefficient (Wildman–Crippen LogP) is 14.4. The second-order valence-corrected chi connectivity index (χ2v) is 15.1. The quantitative estimate of drug-likeness (QED) is 0.161. The lowest BCUT2D eigenvalue weighted by Crippen LogP contribution is -1.99. The summed E-state index contributed by atoms with van der Waals surface area (Å²) in [7, 11) is 0. The lowest BCUT2D eigenvalue weighted by Gasteiger charge is -2.16. The van der Waals surface area contributed by atoms with Gasteiger partial charge in [0, 0.05) is 49.9 Å². The molecule has 0 radical (unpaired) electrons. The van der Waals surface area contributed by atoms with Crippen molar-refractivity contribution in [2.24, 2.45) is 0 Å². The van der Waals surface area contributed by atoms with Crippen molar-refractivity contribution in [3.8, 4) is 17.1 Å². The highest BCUT2D eigenvalue weighted by atomic mass is 15.0. The average Bonchev–Trinajstić information content (AvgIpc) is 3.60. The Balaban J connectivity index is 1.22. The molecule has 0 saturated heterocycles. The van der Waals surface area contributed by atoms with Crippen molar-refractivity contribution in [2.75, 3.05) is 0 Å². The zero-order valence-electron chi connectivity index (χ0n) is 31.0. The molecule has 2 aromatic heterocycles. The fraction of sp³-hybridized carbons (Fsp3) is 0. The first-order chi connectivity index (χ1) is 28.2. The van der Waals surface area contributed by atoms with Crippen LogP contribution in [0.1, 0.15) is 0 Å². The van der Waals surface area contributed by atoms with Crippen molar-refractivity contribution >= 4 is 87.0 Å². The van der Waals surface area contributed by atoms with Crippen LogP contribution in [0.5, 0.6) is 0 Å². The molecule has 0 aliphatic rings. The van der Waals surface area contributed by atoms with E-state index in [0.717, 1.165) is 49.9 Å². The van der Waals surface area contributed by atoms with Crippen LogP contribution in [-0.2, 0) is 0 Å². The van der Waals surface area contributed by atoms with Crippen LogP contribution < -0.4 is 0 Å². The molecule has 10 aromatic carbocycles. The monoisotopic (exact) mass is 725 g/mol. The van der Waals surface area contributed by atoms with Gasteiger partial charge in [-0.05, 0) is 134 Å². The van der Waals surface area contributed by atoms with E-state index in [1.807, 2.05) is 0 Å². The first-order valence-corrected chi connectivity index (χ1v) is 19.6. The molecule has 57 heavy (non-hydrogen) atoms. The molecule has 3 heteroatoms. The van der Waals surface area contributed by atoms with Crippen molar-refractivity contribution in [1.82, 2.24) is 13.7 Å². The van der Waals surface area contributed by atoms with Crippen LogP contribution in [-0.4, -0.2) is 13.7 Å². The van der Waals surface area contributed by atoms with Gasteiger partial charge >= 0.3 is 0 Å². The third-order valence-electron chi connectivity index (χ3n) is 11.8. The van der Waals surface area contributed by atoms with E-state index in [1.54, 1.807) is 0 Å². The largest absolute Gasteiger partial charge is 0.310 e. The molecule has 12 rings (SSSR count). The first kappa shape index (κ1) is 31.7. The summed E-state index contributed by atoms with van der Waals surface area (Å²) in [5, 5.41) is 12.1. The lowest BCUT2D eigenvalue weighted by molar-refractivity contribution is 1.14. The highest BCUT2D eigenvalue weighted by Gasteiger charge is 2.15. The molecule has 12 aromatic rings.